The molecule has 2 heterocycles. The van der Waals surface area contributed by atoms with E-state index in [4.69, 9.17) is 9.84 Å². The zero-order chi connectivity index (χ0) is 22.4. The maximum atomic E-state index is 9.61. The summed E-state index contributed by atoms with van der Waals surface area (Å²) in [6.45, 7) is 12.1. The van der Waals surface area contributed by atoms with Gasteiger partial charge in [0.25, 0.3) is 0 Å². The average molecular weight is 428 g/mol. The Morgan fingerprint density at radius 2 is 1.87 bits per heavy atom. The number of nitrogens with zero attached hydrogens (tertiary/aromatic N) is 3. The number of aliphatic hydroxyl groups is 2. The number of fused-ring (bicyclic) bond motifs is 1. The minimum Gasteiger partial charge on any atom is -0.485 e. The Bertz CT molecular complexity index is 872. The lowest BCUT2D eigenvalue weighted by atomic mass is 9.86. The first-order valence-corrected chi connectivity index (χ1v) is 11.5. The van der Waals surface area contributed by atoms with E-state index in [-0.39, 0.29) is 12.2 Å². The second-order valence-corrected chi connectivity index (χ2v) is 8.89. The lowest BCUT2D eigenvalue weighted by Gasteiger charge is -2.23. The fourth-order valence-electron chi connectivity index (χ4n) is 4.27. The van der Waals surface area contributed by atoms with Gasteiger partial charge in [0.2, 0.25) is 0 Å². The first kappa shape index (κ1) is 23.5. The van der Waals surface area contributed by atoms with Crippen molar-refractivity contribution in [1.29, 1.82) is 0 Å². The van der Waals surface area contributed by atoms with E-state index in [1.807, 2.05) is 32.2 Å². The summed E-state index contributed by atoms with van der Waals surface area (Å²) in [5.41, 5.74) is 2.76. The first-order valence-electron chi connectivity index (χ1n) is 11.5. The van der Waals surface area contributed by atoms with E-state index >= 15 is 0 Å². The van der Waals surface area contributed by atoms with E-state index in [9.17, 15) is 5.11 Å². The third-order valence-electron chi connectivity index (χ3n) is 6.41. The van der Waals surface area contributed by atoms with Gasteiger partial charge >= 0.3 is 0 Å². The van der Waals surface area contributed by atoms with Crippen LogP contribution in [0.5, 0.6) is 5.75 Å². The molecule has 2 N–H and O–H groups in total. The van der Waals surface area contributed by atoms with Gasteiger partial charge in [0.1, 0.15) is 23.7 Å². The number of likely N-dealkylation sites (tertiary alicyclic amines) is 1. The summed E-state index contributed by atoms with van der Waals surface area (Å²) in [4.78, 5) is 10.8. The molecule has 1 aromatic heterocycles. The summed E-state index contributed by atoms with van der Waals surface area (Å²) in [5, 5.41) is 19.7. The number of rotatable bonds is 5. The molecule has 1 aliphatic carbocycles. The number of aliphatic hydroxyl groups excluding tert-OH is 2. The lowest BCUT2D eigenvalue weighted by molar-refractivity contribution is 0.108. The molecule has 6 nitrogen and oxygen atoms in total. The second-order valence-electron chi connectivity index (χ2n) is 8.89. The molecule has 1 aliphatic heterocycles. The van der Waals surface area contributed by atoms with Crippen molar-refractivity contribution in [3.05, 3.63) is 42.0 Å². The SMILES string of the molecule is C=C(COc1c(C)ccc2cnc(C)nc12)N1CCC(O)C1.CCC1CCC(O)CC1. The smallest absolute Gasteiger partial charge is 0.149 e. The Morgan fingerprint density at radius 1 is 1.13 bits per heavy atom. The van der Waals surface area contributed by atoms with Crippen LogP contribution in [0.3, 0.4) is 0 Å². The lowest BCUT2D eigenvalue weighted by Crippen LogP contribution is -2.24. The van der Waals surface area contributed by atoms with E-state index < -0.39 is 0 Å². The summed E-state index contributed by atoms with van der Waals surface area (Å²) in [5.74, 6) is 2.42. The van der Waals surface area contributed by atoms with Crippen molar-refractivity contribution in [3.63, 3.8) is 0 Å². The number of aryl methyl sites for hydroxylation is 2. The quantitative estimate of drug-likeness (QED) is 0.746. The highest BCUT2D eigenvalue weighted by Crippen LogP contribution is 2.28. The number of hydrogen-bond acceptors (Lipinski definition) is 6. The maximum absolute atomic E-state index is 9.61. The Kier molecular flexibility index (Phi) is 8.27. The van der Waals surface area contributed by atoms with E-state index in [1.165, 1.54) is 19.3 Å². The number of aromatic nitrogens is 2. The van der Waals surface area contributed by atoms with Crippen LogP contribution in [0.4, 0.5) is 0 Å². The molecule has 1 saturated carbocycles. The Balaban J connectivity index is 0.000000254. The Morgan fingerprint density at radius 3 is 2.52 bits per heavy atom. The molecule has 2 aromatic rings. The van der Waals surface area contributed by atoms with Crippen molar-refractivity contribution < 1.29 is 14.9 Å². The molecule has 1 atom stereocenters. The van der Waals surface area contributed by atoms with E-state index in [0.717, 1.165) is 65.5 Å². The molecule has 0 spiro atoms. The molecular formula is C25H37N3O3. The molecule has 0 bridgehead atoms. The van der Waals surface area contributed by atoms with Crippen molar-refractivity contribution in [1.82, 2.24) is 14.9 Å². The summed E-state index contributed by atoms with van der Waals surface area (Å²) in [6.07, 6.45) is 8.24. The van der Waals surface area contributed by atoms with Gasteiger partial charge in [-0.1, -0.05) is 32.1 Å². The average Bonchev–Trinajstić information content (AvgIpc) is 3.20. The van der Waals surface area contributed by atoms with Crippen LogP contribution in [-0.4, -0.2) is 57.0 Å². The van der Waals surface area contributed by atoms with Crippen LogP contribution in [0.2, 0.25) is 0 Å². The normalized spacial score (nSPS) is 23.4. The van der Waals surface area contributed by atoms with Gasteiger partial charge in [0.15, 0.2) is 0 Å². The minimum atomic E-state index is -0.258. The third kappa shape index (κ3) is 6.40. The van der Waals surface area contributed by atoms with E-state index in [2.05, 4.69) is 28.4 Å². The van der Waals surface area contributed by atoms with Gasteiger partial charge in [0.05, 0.1) is 12.2 Å². The fraction of sp³-hybridized carbons (Fsp3) is 0.600. The van der Waals surface area contributed by atoms with Crippen LogP contribution in [-0.2, 0) is 0 Å². The van der Waals surface area contributed by atoms with Crippen molar-refractivity contribution >= 4 is 10.9 Å². The molecule has 2 fully saturated rings. The standard InChI is InChI=1S/C17H21N3O2.C8H16O/c1-11-4-5-14-8-18-13(3)19-16(14)17(11)22-10-12(2)20-7-6-15(21)9-20;1-2-7-3-5-8(9)6-4-7/h4-5,8,15,21H,2,6-7,9-10H2,1,3H3;7-9H,2-6H2,1H3. The summed E-state index contributed by atoms with van der Waals surface area (Å²) in [7, 11) is 0. The Hall–Kier alpha value is -2.18. The molecular weight excluding hydrogens is 390 g/mol. The zero-order valence-corrected chi connectivity index (χ0v) is 19.2. The fourth-order valence-corrected chi connectivity index (χ4v) is 4.27. The molecule has 1 saturated heterocycles. The molecule has 0 radical (unpaired) electrons. The second kappa shape index (κ2) is 10.9. The van der Waals surface area contributed by atoms with Crippen molar-refractivity contribution in [2.45, 2.75) is 71.5 Å². The Labute approximate surface area is 186 Å². The largest absolute Gasteiger partial charge is 0.485 e. The molecule has 1 aromatic carbocycles. The maximum Gasteiger partial charge on any atom is 0.149 e. The monoisotopic (exact) mass is 427 g/mol. The highest BCUT2D eigenvalue weighted by atomic mass is 16.5. The predicted octanol–water partition coefficient (Wildman–Crippen LogP) is 4.15. The van der Waals surface area contributed by atoms with Crippen LogP contribution < -0.4 is 4.74 Å². The predicted molar refractivity (Wildman–Crippen MR) is 124 cm³/mol. The van der Waals surface area contributed by atoms with Crippen LogP contribution in [0.25, 0.3) is 10.9 Å². The van der Waals surface area contributed by atoms with Crippen molar-refractivity contribution in [2.75, 3.05) is 19.7 Å². The summed E-state index contributed by atoms with van der Waals surface area (Å²) < 4.78 is 6.00. The highest BCUT2D eigenvalue weighted by molar-refractivity contribution is 5.85. The topological polar surface area (TPSA) is 78.7 Å². The molecule has 31 heavy (non-hydrogen) atoms. The first-order chi connectivity index (χ1) is 14.9. The van der Waals surface area contributed by atoms with E-state index in [1.54, 1.807) is 0 Å². The molecule has 6 heteroatoms. The van der Waals surface area contributed by atoms with Crippen molar-refractivity contribution in [2.24, 2.45) is 5.92 Å². The van der Waals surface area contributed by atoms with Gasteiger partial charge in [-0.25, -0.2) is 9.97 Å². The molecule has 2 aliphatic rings. The number of benzene rings is 1. The number of hydrogen-bond donors (Lipinski definition) is 2. The molecule has 1 unspecified atom stereocenters. The summed E-state index contributed by atoms with van der Waals surface area (Å²) in [6, 6.07) is 4.02. The summed E-state index contributed by atoms with van der Waals surface area (Å²) >= 11 is 0. The zero-order valence-electron chi connectivity index (χ0n) is 19.2. The number of ether oxygens (including phenoxy) is 1. The minimum absolute atomic E-state index is 0.0211. The third-order valence-corrected chi connectivity index (χ3v) is 6.41. The van der Waals surface area contributed by atoms with Crippen LogP contribution in [0.1, 0.15) is 56.8 Å². The molecule has 0 amide bonds. The van der Waals surface area contributed by atoms with Gasteiger partial charge in [-0.05, 0) is 57.4 Å². The highest BCUT2D eigenvalue weighted by Gasteiger charge is 2.21. The van der Waals surface area contributed by atoms with Crippen LogP contribution >= 0.6 is 0 Å². The van der Waals surface area contributed by atoms with Crippen LogP contribution in [0, 0.1) is 19.8 Å². The molecule has 170 valence electrons. The number of β-amino-alcohol motifs (C(OH)–C–C–N with tert-alkyl or cyclic N) is 1. The molecule has 4 rings (SSSR count). The van der Waals surface area contributed by atoms with Gasteiger partial charge in [-0.2, -0.15) is 0 Å². The van der Waals surface area contributed by atoms with E-state index in [0.29, 0.717) is 13.2 Å². The van der Waals surface area contributed by atoms with Gasteiger partial charge in [-0.15, -0.1) is 0 Å². The van der Waals surface area contributed by atoms with Gasteiger partial charge < -0.3 is 19.8 Å². The van der Waals surface area contributed by atoms with Gasteiger partial charge in [-0.3, -0.25) is 0 Å². The van der Waals surface area contributed by atoms with Crippen LogP contribution in [0.15, 0.2) is 30.6 Å². The van der Waals surface area contributed by atoms with Crippen molar-refractivity contribution in [3.8, 4) is 5.75 Å². The van der Waals surface area contributed by atoms with Gasteiger partial charge in [0, 0.05) is 30.4 Å².